The van der Waals surface area contributed by atoms with Crippen LogP contribution in [0.1, 0.15) is 26.2 Å². The van der Waals surface area contributed by atoms with Crippen molar-refractivity contribution in [3.8, 4) is 0 Å². The van der Waals surface area contributed by atoms with Crippen molar-refractivity contribution in [2.75, 3.05) is 19.8 Å². The van der Waals surface area contributed by atoms with Gasteiger partial charge < -0.3 is 10.8 Å². The Kier molecular flexibility index (Phi) is 12.6. The van der Waals surface area contributed by atoms with Gasteiger partial charge in [-0.2, -0.15) is 8.42 Å². The first-order valence-electron chi connectivity index (χ1n) is 4.40. The van der Waals surface area contributed by atoms with Crippen molar-refractivity contribution < 1.29 is 22.3 Å². The molecule has 0 unspecified atom stereocenters. The Morgan fingerprint density at radius 2 is 1.86 bits per heavy atom. The molecule has 6 nitrogen and oxygen atoms in total. The molecule has 0 aliphatic heterocycles. The second-order valence-electron chi connectivity index (χ2n) is 2.47. The number of aliphatic hydroxyl groups excluding tert-OH is 1. The third kappa shape index (κ3) is 22.6. The average molecular weight is 229 g/mol. The van der Waals surface area contributed by atoms with E-state index in [0.717, 1.165) is 12.8 Å². The highest BCUT2D eigenvalue weighted by Gasteiger charge is 2.01. The number of hydrogen-bond donors (Lipinski definition) is 3. The van der Waals surface area contributed by atoms with Gasteiger partial charge in [0.1, 0.15) is 0 Å². The summed E-state index contributed by atoms with van der Waals surface area (Å²) in [5.74, 6) is 0. The Labute approximate surface area is 85.0 Å². The second-order valence-corrected chi connectivity index (χ2v) is 3.56. The van der Waals surface area contributed by atoms with Gasteiger partial charge in [0.25, 0.3) is 0 Å². The zero-order chi connectivity index (χ0) is 11.4. The van der Waals surface area contributed by atoms with Gasteiger partial charge in [-0.25, -0.2) is 4.18 Å². The number of nitrogens with two attached hydrogens (primary N) is 1. The first-order valence-corrected chi connectivity index (χ1v) is 5.77. The van der Waals surface area contributed by atoms with Crippen LogP contribution in [0.4, 0.5) is 0 Å². The van der Waals surface area contributed by atoms with Crippen LogP contribution < -0.4 is 5.73 Å². The molecule has 0 fully saturated rings. The molecule has 0 atom stereocenters. The van der Waals surface area contributed by atoms with Crippen LogP contribution in [0.3, 0.4) is 0 Å². The topological polar surface area (TPSA) is 110 Å². The van der Waals surface area contributed by atoms with Crippen molar-refractivity contribution in [1.82, 2.24) is 0 Å². The molecule has 7 heteroatoms. The molecule has 4 N–H and O–H groups in total. The van der Waals surface area contributed by atoms with E-state index in [1.165, 1.54) is 0 Å². The highest BCUT2D eigenvalue weighted by atomic mass is 32.3. The molecule has 14 heavy (non-hydrogen) atoms. The molecule has 0 spiro atoms. The molecule has 0 radical (unpaired) electrons. The van der Waals surface area contributed by atoms with Gasteiger partial charge in [-0.05, 0) is 6.42 Å². The summed E-state index contributed by atoms with van der Waals surface area (Å²) in [6.45, 7) is 2.54. The smallest absolute Gasteiger partial charge is 0.395 e. The molecule has 0 amide bonds. The van der Waals surface area contributed by atoms with Crippen LogP contribution >= 0.6 is 0 Å². The van der Waals surface area contributed by atoms with Crippen LogP contribution in [-0.4, -0.2) is 37.8 Å². The van der Waals surface area contributed by atoms with Crippen LogP contribution in [0.2, 0.25) is 0 Å². The average Bonchev–Trinajstić information content (AvgIpc) is 2.11. The summed E-state index contributed by atoms with van der Waals surface area (Å²) in [7, 11) is -4.20. The van der Waals surface area contributed by atoms with E-state index in [4.69, 9.17) is 15.4 Å². The second kappa shape index (κ2) is 10.9. The van der Waals surface area contributed by atoms with Gasteiger partial charge in [-0.1, -0.05) is 19.8 Å². The highest BCUT2D eigenvalue weighted by molar-refractivity contribution is 7.80. The monoisotopic (exact) mass is 229 g/mol. The maximum Gasteiger partial charge on any atom is 0.397 e. The van der Waals surface area contributed by atoms with E-state index in [1.54, 1.807) is 0 Å². The molecule has 88 valence electrons. The fourth-order valence-corrected chi connectivity index (χ4v) is 0.845. The molecule has 0 aliphatic carbocycles. The summed E-state index contributed by atoms with van der Waals surface area (Å²) in [6, 6.07) is 0. The lowest BCUT2D eigenvalue weighted by Gasteiger charge is -1.96. The zero-order valence-electron chi connectivity index (χ0n) is 8.35. The van der Waals surface area contributed by atoms with Crippen LogP contribution in [0.5, 0.6) is 0 Å². The van der Waals surface area contributed by atoms with Crippen molar-refractivity contribution in [3.63, 3.8) is 0 Å². The molecule has 0 saturated heterocycles. The predicted molar refractivity (Wildman–Crippen MR) is 53.2 cm³/mol. The summed E-state index contributed by atoms with van der Waals surface area (Å²) in [6.07, 6.45) is 2.57. The summed E-state index contributed by atoms with van der Waals surface area (Å²) in [5, 5.41) is 7.75. The minimum absolute atomic E-state index is 0.0761. The van der Waals surface area contributed by atoms with Crippen LogP contribution in [0.25, 0.3) is 0 Å². The quantitative estimate of drug-likeness (QED) is 0.434. The molecule has 0 rings (SSSR count). The van der Waals surface area contributed by atoms with Crippen molar-refractivity contribution >= 4 is 10.4 Å². The number of unbranched alkanes of at least 4 members (excludes halogenated alkanes) is 2. The molecule has 0 saturated carbocycles. The zero-order valence-corrected chi connectivity index (χ0v) is 9.16. The predicted octanol–water partition coefficient (Wildman–Crippen LogP) is -0.0666. The van der Waals surface area contributed by atoms with Gasteiger partial charge in [0.2, 0.25) is 0 Å². The van der Waals surface area contributed by atoms with Gasteiger partial charge in [-0.3, -0.25) is 4.55 Å². The molecule has 0 bridgehead atoms. The van der Waals surface area contributed by atoms with E-state index in [-0.39, 0.29) is 13.2 Å². The minimum atomic E-state index is -4.20. The van der Waals surface area contributed by atoms with Gasteiger partial charge in [0.15, 0.2) is 0 Å². The summed E-state index contributed by atoms with van der Waals surface area (Å²) < 4.78 is 32.0. The first kappa shape index (κ1) is 16.2. The summed E-state index contributed by atoms with van der Waals surface area (Å²) in [4.78, 5) is 0. The van der Waals surface area contributed by atoms with Gasteiger partial charge in [0, 0.05) is 6.54 Å². The Morgan fingerprint density at radius 3 is 2.14 bits per heavy atom. The van der Waals surface area contributed by atoms with E-state index in [0.29, 0.717) is 13.0 Å². The Morgan fingerprint density at radius 1 is 1.36 bits per heavy atom. The standard InChI is InChI=1S/C5H12O4S.C2H7NO/c1-2-3-4-5-9-10(6,7)8;3-1-2-4/h2-5H2,1H3,(H,6,7,8);4H,1-3H2. The molecular weight excluding hydrogens is 210 g/mol. The van der Waals surface area contributed by atoms with Gasteiger partial charge >= 0.3 is 10.4 Å². The summed E-state index contributed by atoms with van der Waals surface area (Å²) in [5.41, 5.74) is 4.78. The van der Waals surface area contributed by atoms with E-state index >= 15 is 0 Å². The van der Waals surface area contributed by atoms with E-state index in [9.17, 15) is 8.42 Å². The van der Waals surface area contributed by atoms with Crippen LogP contribution in [0, 0.1) is 0 Å². The van der Waals surface area contributed by atoms with Gasteiger partial charge in [-0.15, -0.1) is 0 Å². The largest absolute Gasteiger partial charge is 0.397 e. The maximum absolute atomic E-state index is 9.93. The number of hydrogen-bond acceptors (Lipinski definition) is 5. The van der Waals surface area contributed by atoms with Gasteiger partial charge in [0.05, 0.1) is 13.2 Å². The Bertz CT molecular complexity index is 190. The third-order valence-corrected chi connectivity index (χ3v) is 1.57. The fraction of sp³-hybridized carbons (Fsp3) is 1.00. The normalized spacial score (nSPS) is 10.6. The fourth-order valence-electron chi connectivity index (χ4n) is 0.516. The Balaban J connectivity index is 0. The third-order valence-electron chi connectivity index (χ3n) is 1.11. The minimum Gasteiger partial charge on any atom is -0.395 e. The SMILES string of the molecule is CCCCCOS(=O)(=O)O.NCCO. The van der Waals surface area contributed by atoms with Crippen LogP contribution in [-0.2, 0) is 14.6 Å². The number of aliphatic hydroxyl groups is 1. The highest BCUT2D eigenvalue weighted by Crippen LogP contribution is 1.96. The molecule has 0 aliphatic rings. The van der Waals surface area contributed by atoms with Crippen molar-refractivity contribution in [2.45, 2.75) is 26.2 Å². The van der Waals surface area contributed by atoms with Crippen molar-refractivity contribution in [3.05, 3.63) is 0 Å². The molecular formula is C7H19NO5S. The first-order chi connectivity index (χ1) is 6.47. The van der Waals surface area contributed by atoms with E-state index in [1.807, 2.05) is 6.92 Å². The lowest BCUT2D eigenvalue weighted by molar-refractivity contribution is 0.262. The lowest BCUT2D eigenvalue weighted by atomic mass is 10.3. The van der Waals surface area contributed by atoms with Crippen molar-refractivity contribution in [2.24, 2.45) is 5.73 Å². The molecule has 0 aromatic carbocycles. The summed E-state index contributed by atoms with van der Waals surface area (Å²) >= 11 is 0. The lowest BCUT2D eigenvalue weighted by Crippen LogP contribution is -2.04. The van der Waals surface area contributed by atoms with Crippen LogP contribution in [0.15, 0.2) is 0 Å². The Hall–Kier alpha value is -0.210. The molecule has 0 aromatic heterocycles. The maximum atomic E-state index is 9.93. The number of rotatable bonds is 6. The van der Waals surface area contributed by atoms with Crippen molar-refractivity contribution in [1.29, 1.82) is 0 Å². The van der Waals surface area contributed by atoms with E-state index < -0.39 is 10.4 Å². The molecule has 0 heterocycles. The van der Waals surface area contributed by atoms with E-state index in [2.05, 4.69) is 4.18 Å². The molecule has 0 aromatic rings.